The van der Waals surface area contributed by atoms with Crippen LogP contribution in [0.5, 0.6) is 0 Å². The fourth-order valence-corrected chi connectivity index (χ4v) is 2.04. The molecule has 1 rings (SSSR count). The van der Waals surface area contributed by atoms with Gasteiger partial charge >= 0.3 is 0 Å². The number of nitrogens with two attached hydrogens (primary N) is 1. The summed E-state index contributed by atoms with van der Waals surface area (Å²) in [4.78, 5) is 0. The molecule has 120 valence electrons. The van der Waals surface area contributed by atoms with Crippen molar-refractivity contribution in [1.29, 1.82) is 0 Å². The first-order valence-corrected chi connectivity index (χ1v) is 7.75. The molecule has 0 unspecified atom stereocenters. The van der Waals surface area contributed by atoms with E-state index in [0.29, 0.717) is 6.54 Å². The lowest BCUT2D eigenvalue weighted by molar-refractivity contribution is 0.423. The van der Waals surface area contributed by atoms with E-state index in [1.807, 2.05) is 0 Å². The highest BCUT2D eigenvalue weighted by Crippen LogP contribution is 2.14. The molecule has 0 saturated carbocycles. The standard InChI is InChI=1S/C13H19FN2.C5H12/c1-10(9-15)16-13(2,3)8-11-4-6-12(14)7-5-11;1-3-5-4-2/h4-7,16H,1,8-9,15H2,2-3H3;3-5H2,1-2H3. The second kappa shape index (κ2) is 10.4. The third-order valence-corrected chi connectivity index (χ3v) is 3.03. The maximum Gasteiger partial charge on any atom is 0.123 e. The van der Waals surface area contributed by atoms with Crippen LogP contribution in [0, 0.1) is 5.82 Å². The van der Waals surface area contributed by atoms with Crippen molar-refractivity contribution in [2.75, 3.05) is 6.54 Å². The van der Waals surface area contributed by atoms with Gasteiger partial charge in [-0.1, -0.05) is 51.8 Å². The lowest BCUT2D eigenvalue weighted by Gasteiger charge is -2.28. The van der Waals surface area contributed by atoms with E-state index < -0.39 is 0 Å². The van der Waals surface area contributed by atoms with Crippen LogP contribution in [0.25, 0.3) is 0 Å². The number of rotatable bonds is 7. The molecule has 0 spiro atoms. The summed E-state index contributed by atoms with van der Waals surface area (Å²) in [6, 6.07) is 6.54. The molecular formula is C18H31FN2. The van der Waals surface area contributed by atoms with Crippen LogP contribution in [0.2, 0.25) is 0 Å². The van der Waals surface area contributed by atoms with E-state index in [4.69, 9.17) is 5.73 Å². The number of halogens is 1. The Labute approximate surface area is 129 Å². The fourth-order valence-electron chi connectivity index (χ4n) is 2.04. The Balaban J connectivity index is 0.000000690. The topological polar surface area (TPSA) is 38.0 Å². The zero-order valence-electron chi connectivity index (χ0n) is 14.0. The highest BCUT2D eigenvalue weighted by Gasteiger charge is 2.18. The van der Waals surface area contributed by atoms with Crippen LogP contribution < -0.4 is 11.1 Å². The van der Waals surface area contributed by atoms with Crippen LogP contribution in [-0.2, 0) is 6.42 Å². The maximum absolute atomic E-state index is 12.7. The molecule has 0 aromatic heterocycles. The Kier molecular flexibility index (Phi) is 9.72. The predicted molar refractivity (Wildman–Crippen MR) is 90.7 cm³/mol. The molecule has 0 atom stereocenters. The summed E-state index contributed by atoms with van der Waals surface area (Å²) < 4.78 is 12.7. The minimum Gasteiger partial charge on any atom is -0.383 e. The van der Waals surface area contributed by atoms with E-state index >= 15 is 0 Å². The normalized spacial score (nSPS) is 10.6. The lowest BCUT2D eigenvalue weighted by Crippen LogP contribution is -2.42. The van der Waals surface area contributed by atoms with Crippen LogP contribution in [-0.4, -0.2) is 12.1 Å². The summed E-state index contributed by atoms with van der Waals surface area (Å²) in [5.74, 6) is -0.208. The molecule has 0 aliphatic carbocycles. The average molecular weight is 294 g/mol. The zero-order chi connectivity index (χ0) is 16.3. The van der Waals surface area contributed by atoms with Gasteiger partial charge in [0.1, 0.15) is 5.82 Å². The van der Waals surface area contributed by atoms with Gasteiger partial charge in [0, 0.05) is 17.8 Å². The third-order valence-electron chi connectivity index (χ3n) is 3.03. The number of unbranched alkanes of at least 4 members (excludes halogenated alkanes) is 2. The van der Waals surface area contributed by atoms with E-state index in [1.54, 1.807) is 12.1 Å². The van der Waals surface area contributed by atoms with E-state index in [9.17, 15) is 4.39 Å². The summed E-state index contributed by atoms with van der Waals surface area (Å²) in [5, 5.41) is 3.26. The van der Waals surface area contributed by atoms with Crippen LogP contribution >= 0.6 is 0 Å². The first-order chi connectivity index (χ1) is 9.84. The summed E-state index contributed by atoms with van der Waals surface area (Å²) >= 11 is 0. The van der Waals surface area contributed by atoms with E-state index in [-0.39, 0.29) is 11.4 Å². The van der Waals surface area contributed by atoms with Crippen LogP contribution in [0.4, 0.5) is 4.39 Å². The molecule has 0 aliphatic heterocycles. The third kappa shape index (κ3) is 10.1. The molecule has 0 aliphatic rings. The van der Waals surface area contributed by atoms with Crippen molar-refractivity contribution in [3.63, 3.8) is 0 Å². The molecule has 0 saturated heterocycles. The van der Waals surface area contributed by atoms with Crippen molar-refractivity contribution in [2.45, 2.75) is 58.9 Å². The smallest absolute Gasteiger partial charge is 0.123 e. The summed E-state index contributed by atoms with van der Waals surface area (Å²) in [6.45, 7) is 12.8. The monoisotopic (exact) mass is 294 g/mol. The molecule has 21 heavy (non-hydrogen) atoms. The van der Waals surface area contributed by atoms with Gasteiger partial charge in [0.15, 0.2) is 0 Å². The maximum atomic E-state index is 12.7. The molecule has 0 fully saturated rings. The van der Waals surface area contributed by atoms with Crippen molar-refractivity contribution in [1.82, 2.24) is 5.32 Å². The van der Waals surface area contributed by atoms with Gasteiger partial charge in [-0.15, -0.1) is 0 Å². The van der Waals surface area contributed by atoms with Crippen molar-refractivity contribution < 1.29 is 4.39 Å². The Hall–Kier alpha value is -1.35. The van der Waals surface area contributed by atoms with Crippen molar-refractivity contribution >= 4 is 0 Å². The Morgan fingerprint density at radius 3 is 2.10 bits per heavy atom. The van der Waals surface area contributed by atoms with Crippen molar-refractivity contribution in [3.05, 3.63) is 47.9 Å². The SMILES string of the molecule is C=C(CN)NC(C)(C)Cc1ccc(F)cc1.CCCCC. The Morgan fingerprint density at radius 1 is 1.19 bits per heavy atom. The molecule has 0 bridgehead atoms. The van der Waals surface area contributed by atoms with Crippen molar-refractivity contribution in [2.24, 2.45) is 5.73 Å². The molecule has 2 nitrogen and oxygen atoms in total. The lowest BCUT2D eigenvalue weighted by atomic mass is 9.94. The van der Waals surface area contributed by atoms with Crippen molar-refractivity contribution in [3.8, 4) is 0 Å². The van der Waals surface area contributed by atoms with E-state index in [1.165, 1.54) is 31.4 Å². The van der Waals surface area contributed by atoms with Gasteiger partial charge in [-0.3, -0.25) is 0 Å². The minimum absolute atomic E-state index is 0.131. The van der Waals surface area contributed by atoms with Crippen LogP contribution in [0.1, 0.15) is 52.5 Å². The quantitative estimate of drug-likeness (QED) is 0.782. The van der Waals surface area contributed by atoms with Gasteiger partial charge in [-0.2, -0.15) is 0 Å². The van der Waals surface area contributed by atoms with Gasteiger partial charge < -0.3 is 11.1 Å². The van der Waals surface area contributed by atoms with E-state index in [0.717, 1.165) is 17.7 Å². The predicted octanol–water partition coefficient (Wildman–Crippen LogP) is 4.41. The second-order valence-corrected chi connectivity index (χ2v) is 5.97. The van der Waals surface area contributed by atoms with Gasteiger partial charge in [0.2, 0.25) is 0 Å². The highest BCUT2D eigenvalue weighted by molar-refractivity contribution is 5.19. The number of benzene rings is 1. The Morgan fingerprint density at radius 2 is 1.71 bits per heavy atom. The molecule has 0 radical (unpaired) electrons. The molecule has 3 N–H and O–H groups in total. The number of hydrogen-bond acceptors (Lipinski definition) is 2. The highest BCUT2D eigenvalue weighted by atomic mass is 19.1. The summed E-state index contributed by atoms with van der Waals surface area (Å²) in [6.07, 6.45) is 4.87. The molecule has 1 aromatic rings. The molecule has 1 aromatic carbocycles. The second-order valence-electron chi connectivity index (χ2n) is 5.97. The number of hydrogen-bond donors (Lipinski definition) is 2. The van der Waals surface area contributed by atoms with Crippen LogP contribution in [0.3, 0.4) is 0 Å². The molecule has 3 heteroatoms. The minimum atomic E-state index is -0.208. The molecule has 0 amide bonds. The number of nitrogens with one attached hydrogen (secondary N) is 1. The first-order valence-electron chi connectivity index (χ1n) is 7.75. The summed E-state index contributed by atoms with van der Waals surface area (Å²) in [5.41, 5.74) is 7.25. The largest absolute Gasteiger partial charge is 0.383 e. The Bertz CT molecular complexity index is 394. The molecular weight excluding hydrogens is 263 g/mol. The van der Waals surface area contributed by atoms with Gasteiger partial charge in [-0.25, -0.2) is 4.39 Å². The first kappa shape index (κ1) is 19.7. The average Bonchev–Trinajstić information content (AvgIpc) is 2.42. The fraction of sp³-hybridized carbons (Fsp3) is 0.556. The van der Waals surface area contributed by atoms with Gasteiger partial charge in [0.05, 0.1) is 0 Å². The van der Waals surface area contributed by atoms with Gasteiger partial charge in [-0.05, 0) is 38.0 Å². The summed E-state index contributed by atoms with van der Waals surface area (Å²) in [7, 11) is 0. The zero-order valence-corrected chi connectivity index (χ0v) is 14.0. The van der Waals surface area contributed by atoms with Crippen LogP contribution in [0.15, 0.2) is 36.5 Å². The molecule has 0 heterocycles. The van der Waals surface area contributed by atoms with E-state index in [2.05, 4.69) is 39.6 Å². The van der Waals surface area contributed by atoms with Gasteiger partial charge in [0.25, 0.3) is 0 Å².